The first-order chi connectivity index (χ1) is 5.16. The van der Waals surface area contributed by atoms with E-state index in [0.29, 0.717) is 6.54 Å². The Bertz CT molecular complexity index is 145. The molecule has 11 heavy (non-hydrogen) atoms. The molecule has 0 unspecified atom stereocenters. The molecule has 0 atom stereocenters. The average Bonchev–Trinajstić information content (AvgIpc) is 1.97. The van der Waals surface area contributed by atoms with E-state index in [2.05, 4.69) is 10.6 Å². The zero-order valence-electron chi connectivity index (χ0n) is 6.94. The van der Waals surface area contributed by atoms with Crippen LogP contribution in [0.3, 0.4) is 0 Å². The third-order valence-corrected chi connectivity index (χ3v) is 1.03. The maximum Gasteiger partial charge on any atom is 0.315 e. The third-order valence-electron chi connectivity index (χ3n) is 1.03. The molecule has 0 saturated carbocycles. The van der Waals surface area contributed by atoms with Gasteiger partial charge in [0.1, 0.15) is 5.78 Å². The van der Waals surface area contributed by atoms with Gasteiger partial charge in [0.15, 0.2) is 0 Å². The van der Waals surface area contributed by atoms with Gasteiger partial charge < -0.3 is 10.6 Å². The third kappa shape index (κ3) is 6.83. The lowest BCUT2D eigenvalue weighted by Gasteiger charge is -2.03. The minimum atomic E-state index is -0.276. The fourth-order valence-corrected chi connectivity index (χ4v) is 0.506. The molecule has 0 aliphatic carbocycles. The molecule has 0 fully saturated rings. The normalized spacial score (nSPS) is 8.91. The van der Waals surface area contributed by atoms with Gasteiger partial charge in [-0.1, -0.05) is 6.92 Å². The van der Waals surface area contributed by atoms with E-state index in [1.165, 1.54) is 6.92 Å². The molecule has 0 bridgehead atoms. The van der Waals surface area contributed by atoms with Gasteiger partial charge in [-0.3, -0.25) is 4.79 Å². The molecule has 0 radical (unpaired) electrons. The van der Waals surface area contributed by atoms with Crippen LogP contribution in [0.25, 0.3) is 0 Å². The van der Waals surface area contributed by atoms with Crippen LogP contribution in [0.5, 0.6) is 0 Å². The second-order valence-corrected chi connectivity index (χ2v) is 2.31. The van der Waals surface area contributed by atoms with E-state index in [0.717, 1.165) is 6.42 Å². The Morgan fingerprint density at radius 1 is 1.27 bits per heavy atom. The molecule has 0 aliphatic rings. The second kappa shape index (κ2) is 5.70. The number of carbonyl (C=O) groups is 2. The highest BCUT2D eigenvalue weighted by molar-refractivity contribution is 5.83. The fraction of sp³-hybridized carbons (Fsp3) is 0.714. The van der Waals surface area contributed by atoms with E-state index in [1.54, 1.807) is 0 Å². The van der Waals surface area contributed by atoms with Crippen LogP contribution in [0.2, 0.25) is 0 Å². The lowest BCUT2D eigenvalue weighted by Crippen LogP contribution is -2.38. The average molecular weight is 158 g/mol. The first kappa shape index (κ1) is 9.94. The summed E-state index contributed by atoms with van der Waals surface area (Å²) < 4.78 is 0. The van der Waals surface area contributed by atoms with Crippen LogP contribution in [-0.4, -0.2) is 24.9 Å². The summed E-state index contributed by atoms with van der Waals surface area (Å²) in [6, 6.07) is -0.276. The van der Waals surface area contributed by atoms with Crippen molar-refractivity contribution in [1.82, 2.24) is 10.6 Å². The summed E-state index contributed by atoms with van der Waals surface area (Å²) in [7, 11) is 0. The fourth-order valence-electron chi connectivity index (χ4n) is 0.506. The Hall–Kier alpha value is -1.06. The lowest BCUT2D eigenvalue weighted by atomic mass is 10.4. The van der Waals surface area contributed by atoms with E-state index in [9.17, 15) is 9.59 Å². The van der Waals surface area contributed by atoms with Crippen LogP contribution in [0.1, 0.15) is 20.3 Å². The summed E-state index contributed by atoms with van der Waals surface area (Å²) in [5, 5.41) is 5.00. The number of ketones is 1. The summed E-state index contributed by atoms with van der Waals surface area (Å²) >= 11 is 0. The minimum absolute atomic E-state index is 0.0448. The Morgan fingerprint density at radius 3 is 2.36 bits per heavy atom. The van der Waals surface area contributed by atoms with Crippen molar-refractivity contribution in [2.24, 2.45) is 0 Å². The Balaban J connectivity index is 3.30. The van der Waals surface area contributed by atoms with Crippen molar-refractivity contribution in [3.63, 3.8) is 0 Å². The van der Waals surface area contributed by atoms with E-state index in [1.807, 2.05) is 6.92 Å². The molecule has 64 valence electrons. The topological polar surface area (TPSA) is 58.2 Å². The summed E-state index contributed by atoms with van der Waals surface area (Å²) in [4.78, 5) is 21.1. The molecule has 2 N–H and O–H groups in total. The summed E-state index contributed by atoms with van der Waals surface area (Å²) in [6.45, 7) is 4.14. The number of nitrogens with one attached hydrogen (secondary N) is 2. The van der Waals surface area contributed by atoms with Gasteiger partial charge in [-0.15, -0.1) is 0 Å². The number of amides is 2. The molecule has 0 aromatic rings. The largest absolute Gasteiger partial charge is 0.338 e. The Kier molecular flexibility index (Phi) is 5.15. The van der Waals surface area contributed by atoms with E-state index in [4.69, 9.17) is 0 Å². The van der Waals surface area contributed by atoms with Gasteiger partial charge >= 0.3 is 6.03 Å². The molecule has 4 nitrogen and oxygen atoms in total. The van der Waals surface area contributed by atoms with Crippen molar-refractivity contribution in [1.29, 1.82) is 0 Å². The predicted octanol–water partition coefficient (Wildman–Crippen LogP) is 0.285. The number of rotatable bonds is 4. The molecule has 0 aliphatic heterocycles. The number of urea groups is 1. The highest BCUT2D eigenvalue weighted by Crippen LogP contribution is 1.71. The second-order valence-electron chi connectivity index (χ2n) is 2.31. The maximum atomic E-state index is 10.7. The van der Waals surface area contributed by atoms with Gasteiger partial charge in [-0.05, 0) is 13.3 Å². The van der Waals surface area contributed by atoms with Crippen molar-refractivity contribution in [2.75, 3.05) is 13.1 Å². The summed E-state index contributed by atoms with van der Waals surface area (Å²) in [6.07, 6.45) is 0.896. The maximum absolute atomic E-state index is 10.7. The van der Waals surface area contributed by atoms with Crippen molar-refractivity contribution < 1.29 is 9.59 Å². The van der Waals surface area contributed by atoms with Gasteiger partial charge in [-0.2, -0.15) is 0 Å². The number of Topliss-reactive ketones (excluding diaryl/α,β-unsaturated/α-hetero) is 1. The monoisotopic (exact) mass is 158 g/mol. The van der Waals surface area contributed by atoms with E-state index < -0.39 is 0 Å². The lowest BCUT2D eigenvalue weighted by molar-refractivity contribution is -0.116. The van der Waals surface area contributed by atoms with Crippen molar-refractivity contribution >= 4 is 11.8 Å². The zero-order valence-corrected chi connectivity index (χ0v) is 6.94. The number of hydrogen-bond acceptors (Lipinski definition) is 2. The quantitative estimate of drug-likeness (QED) is 0.617. The highest BCUT2D eigenvalue weighted by atomic mass is 16.2. The first-order valence-electron chi connectivity index (χ1n) is 3.68. The molecular formula is C7H14N2O2. The molecular weight excluding hydrogens is 144 g/mol. The number of hydrogen-bond donors (Lipinski definition) is 2. The standard InChI is InChI=1S/C7H14N2O2/c1-3-4-8-7(11)9-5-6(2)10/h3-5H2,1-2H3,(H2,8,9,11). The molecule has 2 amide bonds. The van der Waals surface area contributed by atoms with Crippen LogP contribution in [-0.2, 0) is 4.79 Å². The molecule has 0 aromatic carbocycles. The molecule has 0 spiro atoms. The molecule has 4 heteroatoms. The molecule has 0 heterocycles. The zero-order chi connectivity index (χ0) is 8.69. The first-order valence-corrected chi connectivity index (χ1v) is 3.68. The van der Waals surface area contributed by atoms with Crippen LogP contribution in [0.4, 0.5) is 4.79 Å². The molecule has 0 rings (SSSR count). The van der Waals surface area contributed by atoms with E-state index >= 15 is 0 Å². The van der Waals surface area contributed by atoms with E-state index in [-0.39, 0.29) is 18.4 Å². The van der Waals surface area contributed by atoms with Crippen LogP contribution in [0, 0.1) is 0 Å². The van der Waals surface area contributed by atoms with Gasteiger partial charge in [0, 0.05) is 6.54 Å². The van der Waals surface area contributed by atoms with Crippen LogP contribution < -0.4 is 10.6 Å². The highest BCUT2D eigenvalue weighted by Gasteiger charge is 1.98. The molecule has 0 saturated heterocycles. The van der Waals surface area contributed by atoms with Crippen LogP contribution in [0.15, 0.2) is 0 Å². The van der Waals surface area contributed by atoms with Gasteiger partial charge in [0.05, 0.1) is 6.54 Å². The van der Waals surface area contributed by atoms with Crippen molar-refractivity contribution in [2.45, 2.75) is 20.3 Å². The van der Waals surface area contributed by atoms with Gasteiger partial charge in [0.25, 0.3) is 0 Å². The van der Waals surface area contributed by atoms with Gasteiger partial charge in [0.2, 0.25) is 0 Å². The van der Waals surface area contributed by atoms with Crippen molar-refractivity contribution in [3.8, 4) is 0 Å². The SMILES string of the molecule is CCCNC(=O)NCC(C)=O. The minimum Gasteiger partial charge on any atom is -0.338 e. The Morgan fingerprint density at radius 2 is 1.91 bits per heavy atom. The van der Waals surface area contributed by atoms with Crippen molar-refractivity contribution in [3.05, 3.63) is 0 Å². The predicted molar refractivity (Wildman–Crippen MR) is 42.4 cm³/mol. The molecule has 0 aromatic heterocycles. The number of carbonyl (C=O) groups excluding carboxylic acids is 2. The summed E-state index contributed by atoms with van der Waals surface area (Å²) in [5.41, 5.74) is 0. The summed E-state index contributed by atoms with van der Waals surface area (Å²) in [5.74, 6) is -0.0448. The Labute approximate surface area is 66.4 Å². The van der Waals surface area contributed by atoms with Gasteiger partial charge in [-0.25, -0.2) is 4.79 Å². The smallest absolute Gasteiger partial charge is 0.315 e. The van der Waals surface area contributed by atoms with Crippen LogP contribution >= 0.6 is 0 Å².